The molecule has 1 atom stereocenters. The number of carboxylic acids is 1. The topological polar surface area (TPSA) is 92.4 Å². The van der Waals surface area contributed by atoms with E-state index in [9.17, 15) is 9.59 Å². The number of rotatable bonds is 5. The van der Waals surface area contributed by atoms with E-state index in [0.29, 0.717) is 24.4 Å². The first kappa shape index (κ1) is 13.2. The van der Waals surface area contributed by atoms with Gasteiger partial charge in [0.1, 0.15) is 6.04 Å². The normalized spacial score (nSPS) is 12.2. The average molecular weight is 240 g/mol. The van der Waals surface area contributed by atoms with Gasteiger partial charge in [-0.2, -0.15) is 0 Å². The lowest BCUT2D eigenvalue weighted by molar-refractivity contribution is -0.139. The summed E-state index contributed by atoms with van der Waals surface area (Å²) in [6.07, 6.45) is 1.05. The number of aromatic nitrogens is 1. The number of carbonyl (C=O) groups is 2. The molecule has 0 aliphatic heterocycles. The molecular formula is C11H16N2O4. The molecule has 0 radical (unpaired) electrons. The van der Waals surface area contributed by atoms with E-state index in [1.807, 2.05) is 6.92 Å². The summed E-state index contributed by atoms with van der Waals surface area (Å²) in [4.78, 5) is 26.6. The lowest BCUT2D eigenvalue weighted by atomic mass is 10.1. The molecule has 0 saturated carbocycles. The van der Waals surface area contributed by atoms with Crippen LogP contribution in [0.1, 0.15) is 41.9 Å². The molecule has 6 nitrogen and oxygen atoms in total. The molecule has 0 saturated heterocycles. The third kappa shape index (κ3) is 3.30. The molecule has 1 heterocycles. The Morgan fingerprint density at radius 2 is 2.12 bits per heavy atom. The lowest BCUT2D eigenvalue weighted by Crippen LogP contribution is -2.40. The number of oxazole rings is 1. The Labute approximate surface area is 99.0 Å². The van der Waals surface area contributed by atoms with Crippen LogP contribution in [0.3, 0.4) is 0 Å². The summed E-state index contributed by atoms with van der Waals surface area (Å²) >= 11 is 0. The van der Waals surface area contributed by atoms with E-state index in [1.165, 1.54) is 0 Å². The highest BCUT2D eigenvalue weighted by molar-refractivity contribution is 5.95. The van der Waals surface area contributed by atoms with Crippen LogP contribution in [0.25, 0.3) is 0 Å². The number of aliphatic carboxylic acids is 1. The molecule has 0 spiro atoms. The Kier molecular flexibility index (Phi) is 4.25. The number of amides is 1. The van der Waals surface area contributed by atoms with Crippen molar-refractivity contribution in [3.8, 4) is 0 Å². The van der Waals surface area contributed by atoms with Gasteiger partial charge in [0.2, 0.25) is 5.76 Å². The number of hydrogen-bond acceptors (Lipinski definition) is 4. The van der Waals surface area contributed by atoms with Crippen LogP contribution in [0.15, 0.2) is 4.42 Å². The Hall–Kier alpha value is -1.85. The van der Waals surface area contributed by atoms with Gasteiger partial charge >= 0.3 is 5.97 Å². The number of nitrogens with one attached hydrogen (secondary N) is 1. The van der Waals surface area contributed by atoms with Crippen LogP contribution >= 0.6 is 0 Å². The first-order chi connectivity index (χ1) is 7.95. The summed E-state index contributed by atoms with van der Waals surface area (Å²) in [7, 11) is 0. The maximum absolute atomic E-state index is 11.8. The minimum absolute atomic E-state index is 0.0739. The highest BCUT2D eigenvalue weighted by Crippen LogP contribution is 2.10. The predicted molar refractivity (Wildman–Crippen MR) is 59.8 cm³/mol. The zero-order chi connectivity index (χ0) is 13.0. The summed E-state index contributed by atoms with van der Waals surface area (Å²) in [5.74, 6) is -1.13. The molecule has 0 aliphatic rings. The van der Waals surface area contributed by atoms with Crippen LogP contribution in [0.4, 0.5) is 0 Å². The molecule has 0 fully saturated rings. The van der Waals surface area contributed by atoms with Gasteiger partial charge in [-0.05, 0) is 13.3 Å². The molecule has 1 amide bonds. The van der Waals surface area contributed by atoms with E-state index in [2.05, 4.69) is 10.3 Å². The van der Waals surface area contributed by atoms with Gasteiger partial charge in [-0.3, -0.25) is 4.79 Å². The van der Waals surface area contributed by atoms with Gasteiger partial charge in [0.15, 0.2) is 5.89 Å². The van der Waals surface area contributed by atoms with Crippen LogP contribution in [0, 0.1) is 13.8 Å². The SMILES string of the molecule is CCC[C@H](NC(=O)c1oc(C)nc1C)C(=O)O. The van der Waals surface area contributed by atoms with E-state index in [4.69, 9.17) is 9.52 Å². The number of aryl methyl sites for hydroxylation is 2. The lowest BCUT2D eigenvalue weighted by Gasteiger charge is -2.12. The fourth-order valence-electron chi connectivity index (χ4n) is 1.51. The minimum Gasteiger partial charge on any atom is -0.480 e. The van der Waals surface area contributed by atoms with Gasteiger partial charge in [-0.1, -0.05) is 13.3 Å². The molecular weight excluding hydrogens is 224 g/mol. The summed E-state index contributed by atoms with van der Waals surface area (Å²) in [6.45, 7) is 5.12. The summed E-state index contributed by atoms with van der Waals surface area (Å²) in [6, 6.07) is -0.891. The highest BCUT2D eigenvalue weighted by Gasteiger charge is 2.23. The summed E-state index contributed by atoms with van der Waals surface area (Å²) < 4.78 is 5.12. The monoisotopic (exact) mass is 240 g/mol. The van der Waals surface area contributed by atoms with E-state index in [-0.39, 0.29) is 5.76 Å². The molecule has 1 aromatic rings. The van der Waals surface area contributed by atoms with Crippen molar-refractivity contribution in [3.05, 3.63) is 17.3 Å². The number of carboxylic acid groups (broad SMARTS) is 1. The standard InChI is InChI=1S/C11H16N2O4/c1-4-5-8(11(15)16)13-10(14)9-6(2)12-7(3)17-9/h8H,4-5H2,1-3H3,(H,13,14)(H,15,16)/t8-/m0/s1. The quantitative estimate of drug-likeness (QED) is 0.808. The molecule has 94 valence electrons. The Balaban J connectivity index is 2.77. The first-order valence-corrected chi connectivity index (χ1v) is 5.43. The van der Waals surface area contributed by atoms with Crippen LogP contribution in [0.2, 0.25) is 0 Å². The predicted octanol–water partition coefficient (Wildman–Crippen LogP) is 1.27. The van der Waals surface area contributed by atoms with Gasteiger partial charge in [0.05, 0.1) is 5.69 Å². The Morgan fingerprint density at radius 3 is 2.53 bits per heavy atom. The highest BCUT2D eigenvalue weighted by atomic mass is 16.4. The van der Waals surface area contributed by atoms with Crippen LogP contribution in [0.5, 0.6) is 0 Å². The number of carbonyl (C=O) groups excluding carboxylic acids is 1. The van der Waals surface area contributed by atoms with Crippen molar-refractivity contribution in [2.75, 3.05) is 0 Å². The third-order valence-corrected chi connectivity index (χ3v) is 2.29. The van der Waals surface area contributed by atoms with Crippen molar-refractivity contribution >= 4 is 11.9 Å². The van der Waals surface area contributed by atoms with E-state index in [1.54, 1.807) is 13.8 Å². The van der Waals surface area contributed by atoms with Crippen molar-refractivity contribution < 1.29 is 19.1 Å². The van der Waals surface area contributed by atoms with E-state index in [0.717, 1.165) is 0 Å². The van der Waals surface area contributed by atoms with Crippen LogP contribution in [-0.4, -0.2) is 28.0 Å². The van der Waals surface area contributed by atoms with Crippen molar-refractivity contribution in [1.29, 1.82) is 0 Å². The molecule has 0 unspecified atom stereocenters. The largest absolute Gasteiger partial charge is 0.480 e. The van der Waals surface area contributed by atoms with Crippen LogP contribution in [-0.2, 0) is 4.79 Å². The first-order valence-electron chi connectivity index (χ1n) is 5.43. The van der Waals surface area contributed by atoms with Gasteiger partial charge in [0, 0.05) is 6.92 Å². The molecule has 0 bridgehead atoms. The smallest absolute Gasteiger partial charge is 0.326 e. The van der Waals surface area contributed by atoms with Crippen LogP contribution < -0.4 is 5.32 Å². The fraction of sp³-hybridized carbons (Fsp3) is 0.545. The van der Waals surface area contributed by atoms with Gasteiger partial charge in [-0.25, -0.2) is 9.78 Å². The van der Waals surface area contributed by atoms with Crippen molar-refractivity contribution in [2.45, 2.75) is 39.7 Å². The minimum atomic E-state index is -1.05. The molecule has 1 rings (SSSR count). The second-order valence-corrected chi connectivity index (χ2v) is 3.80. The van der Waals surface area contributed by atoms with E-state index >= 15 is 0 Å². The Bertz CT molecular complexity index is 425. The zero-order valence-corrected chi connectivity index (χ0v) is 10.1. The molecule has 2 N–H and O–H groups in total. The maximum atomic E-state index is 11.8. The molecule has 17 heavy (non-hydrogen) atoms. The second-order valence-electron chi connectivity index (χ2n) is 3.80. The molecule has 6 heteroatoms. The number of nitrogens with zero attached hydrogens (tertiary/aromatic N) is 1. The summed E-state index contributed by atoms with van der Waals surface area (Å²) in [5.41, 5.74) is 0.459. The third-order valence-electron chi connectivity index (χ3n) is 2.29. The van der Waals surface area contributed by atoms with Gasteiger partial charge < -0.3 is 14.8 Å². The van der Waals surface area contributed by atoms with Crippen molar-refractivity contribution in [2.24, 2.45) is 0 Å². The molecule has 0 aliphatic carbocycles. The molecule has 1 aromatic heterocycles. The van der Waals surface area contributed by atoms with Gasteiger partial charge in [0.25, 0.3) is 5.91 Å². The zero-order valence-electron chi connectivity index (χ0n) is 10.1. The van der Waals surface area contributed by atoms with E-state index < -0.39 is 17.9 Å². The Morgan fingerprint density at radius 1 is 1.47 bits per heavy atom. The average Bonchev–Trinajstić information content (AvgIpc) is 2.57. The number of hydrogen-bond donors (Lipinski definition) is 2. The molecule has 0 aromatic carbocycles. The van der Waals surface area contributed by atoms with Crippen molar-refractivity contribution in [1.82, 2.24) is 10.3 Å². The second kappa shape index (κ2) is 5.47. The van der Waals surface area contributed by atoms with Crippen molar-refractivity contribution in [3.63, 3.8) is 0 Å². The maximum Gasteiger partial charge on any atom is 0.326 e. The summed E-state index contributed by atoms with van der Waals surface area (Å²) in [5, 5.41) is 11.3. The van der Waals surface area contributed by atoms with Gasteiger partial charge in [-0.15, -0.1) is 0 Å². The fourth-order valence-corrected chi connectivity index (χ4v) is 1.51.